The normalized spacial score (nSPS) is 12.2. The zero-order valence-corrected chi connectivity index (χ0v) is 16.2. The maximum absolute atomic E-state index is 11.9. The third-order valence-electron chi connectivity index (χ3n) is 3.23. The van der Waals surface area contributed by atoms with Gasteiger partial charge in [-0.25, -0.2) is 14.8 Å². The summed E-state index contributed by atoms with van der Waals surface area (Å²) >= 11 is 6.14. The second-order valence-electron chi connectivity index (χ2n) is 6.64. The summed E-state index contributed by atoms with van der Waals surface area (Å²) in [4.78, 5) is 20.5. The smallest absolute Gasteiger partial charge is 0.413 e. The van der Waals surface area contributed by atoms with E-state index in [0.717, 1.165) is 5.69 Å². The topological polar surface area (TPSA) is 85.4 Å². The van der Waals surface area contributed by atoms with Crippen LogP contribution in [0.1, 0.15) is 39.6 Å². The molecular weight excluding hydrogens is 356 g/mol. The van der Waals surface area contributed by atoms with Crippen LogP contribution in [0.2, 0.25) is 5.02 Å². The first-order valence-corrected chi connectivity index (χ1v) is 8.49. The van der Waals surface area contributed by atoms with Crippen LogP contribution >= 0.6 is 11.6 Å². The molecule has 0 radical (unpaired) electrons. The molecule has 0 saturated carbocycles. The van der Waals surface area contributed by atoms with Gasteiger partial charge in [0, 0.05) is 11.9 Å². The molecule has 2 rings (SSSR count). The molecule has 1 atom stereocenters. The van der Waals surface area contributed by atoms with Crippen molar-refractivity contribution in [2.45, 2.75) is 39.3 Å². The molecule has 7 nitrogen and oxygen atoms in total. The third-order valence-corrected chi connectivity index (χ3v) is 3.52. The van der Waals surface area contributed by atoms with Gasteiger partial charge in [0.1, 0.15) is 17.2 Å². The lowest BCUT2D eigenvalue weighted by atomic mass is 10.2. The van der Waals surface area contributed by atoms with E-state index in [1.54, 1.807) is 52.3 Å². The number of rotatable bonds is 5. The van der Waals surface area contributed by atoms with Gasteiger partial charge in [-0.3, -0.25) is 5.32 Å². The Labute approximate surface area is 158 Å². The number of ether oxygens (including phenoxy) is 2. The van der Waals surface area contributed by atoms with Crippen molar-refractivity contribution in [3.63, 3.8) is 0 Å². The van der Waals surface area contributed by atoms with Gasteiger partial charge < -0.3 is 14.8 Å². The van der Waals surface area contributed by atoms with Crippen molar-refractivity contribution in [3.8, 4) is 5.75 Å². The fourth-order valence-corrected chi connectivity index (χ4v) is 2.39. The van der Waals surface area contributed by atoms with Gasteiger partial charge in [-0.1, -0.05) is 11.6 Å². The van der Waals surface area contributed by atoms with Gasteiger partial charge in [-0.2, -0.15) is 0 Å². The summed E-state index contributed by atoms with van der Waals surface area (Å²) < 4.78 is 10.4. The first-order chi connectivity index (χ1) is 12.2. The summed E-state index contributed by atoms with van der Waals surface area (Å²) in [6.45, 7) is 7.29. The minimum atomic E-state index is -0.581. The van der Waals surface area contributed by atoms with Gasteiger partial charge in [-0.15, -0.1) is 0 Å². The van der Waals surface area contributed by atoms with E-state index in [0.29, 0.717) is 22.4 Å². The van der Waals surface area contributed by atoms with Gasteiger partial charge in [-0.05, 0) is 52.0 Å². The molecule has 1 unspecified atom stereocenters. The fourth-order valence-electron chi connectivity index (χ4n) is 2.13. The Morgan fingerprint density at radius 1 is 1.27 bits per heavy atom. The molecule has 8 heteroatoms. The highest BCUT2D eigenvalue weighted by Gasteiger charge is 2.17. The average Bonchev–Trinajstić information content (AvgIpc) is 2.53. The lowest BCUT2D eigenvalue weighted by Crippen LogP contribution is -2.27. The summed E-state index contributed by atoms with van der Waals surface area (Å²) in [5, 5.41) is 6.37. The van der Waals surface area contributed by atoms with Crippen molar-refractivity contribution in [2.75, 3.05) is 17.7 Å². The van der Waals surface area contributed by atoms with Gasteiger partial charge >= 0.3 is 6.09 Å². The molecule has 1 aromatic heterocycles. The molecule has 2 N–H and O–H groups in total. The number of aromatic nitrogens is 2. The van der Waals surface area contributed by atoms with E-state index < -0.39 is 11.7 Å². The summed E-state index contributed by atoms with van der Waals surface area (Å²) in [6.07, 6.45) is 1.01. The van der Waals surface area contributed by atoms with E-state index in [4.69, 9.17) is 21.1 Å². The fraction of sp³-hybridized carbons (Fsp3) is 0.389. The lowest BCUT2D eigenvalue weighted by molar-refractivity contribution is 0.0635. The summed E-state index contributed by atoms with van der Waals surface area (Å²) in [7, 11) is 1.56. The van der Waals surface area contributed by atoms with Crippen LogP contribution < -0.4 is 15.4 Å². The molecule has 1 amide bonds. The first kappa shape index (κ1) is 19.8. The number of amides is 1. The molecule has 1 aromatic carbocycles. The minimum absolute atomic E-state index is 0.208. The van der Waals surface area contributed by atoms with Crippen molar-refractivity contribution >= 4 is 29.2 Å². The van der Waals surface area contributed by atoms with Crippen molar-refractivity contribution in [1.82, 2.24) is 9.97 Å². The van der Waals surface area contributed by atoms with Crippen LogP contribution in [0, 0.1) is 0 Å². The maximum atomic E-state index is 11.9. The standard InChI is InChI=1S/C18H23ClN4O3/c1-11(21-12-6-7-14(25-5)13(19)10-12)16-20-9-8-15(22-16)23-17(24)26-18(2,3)4/h6-11,21H,1-5H3,(H,20,22,23,24). The van der Waals surface area contributed by atoms with E-state index in [2.05, 4.69) is 20.6 Å². The van der Waals surface area contributed by atoms with Crippen molar-refractivity contribution in [2.24, 2.45) is 0 Å². The van der Waals surface area contributed by atoms with Crippen LogP contribution in [0.4, 0.5) is 16.3 Å². The molecule has 140 valence electrons. The number of hydrogen-bond donors (Lipinski definition) is 2. The molecule has 1 heterocycles. The first-order valence-electron chi connectivity index (χ1n) is 8.11. The van der Waals surface area contributed by atoms with Crippen LogP contribution in [-0.4, -0.2) is 28.8 Å². The molecule has 0 saturated heterocycles. The zero-order chi connectivity index (χ0) is 19.3. The molecule has 0 fully saturated rings. The molecule has 26 heavy (non-hydrogen) atoms. The number of methoxy groups -OCH3 is 1. The van der Waals surface area contributed by atoms with E-state index >= 15 is 0 Å². The maximum Gasteiger partial charge on any atom is 0.413 e. The van der Waals surface area contributed by atoms with Gasteiger partial charge in [0.2, 0.25) is 0 Å². The third kappa shape index (κ3) is 5.77. The molecule has 0 aliphatic rings. The Morgan fingerprint density at radius 3 is 2.62 bits per heavy atom. The number of nitrogens with one attached hydrogen (secondary N) is 2. The highest BCUT2D eigenvalue weighted by molar-refractivity contribution is 6.32. The molecular formula is C18H23ClN4O3. The quantitative estimate of drug-likeness (QED) is 0.787. The number of halogens is 1. The summed E-state index contributed by atoms with van der Waals surface area (Å²) in [6, 6.07) is 6.78. The second kappa shape index (κ2) is 8.23. The second-order valence-corrected chi connectivity index (χ2v) is 7.05. The Kier molecular flexibility index (Phi) is 6.26. The molecule has 0 aliphatic carbocycles. The predicted octanol–water partition coefficient (Wildman–Crippen LogP) is 4.66. The number of carbonyl (C=O) groups excluding carboxylic acids is 1. The monoisotopic (exact) mass is 378 g/mol. The highest BCUT2D eigenvalue weighted by Crippen LogP contribution is 2.28. The van der Waals surface area contributed by atoms with Gasteiger partial charge in [0.25, 0.3) is 0 Å². The zero-order valence-electron chi connectivity index (χ0n) is 15.5. The Hall–Kier alpha value is -2.54. The van der Waals surface area contributed by atoms with E-state index in [1.165, 1.54) is 0 Å². The molecule has 0 spiro atoms. The van der Waals surface area contributed by atoms with Crippen LogP contribution in [0.3, 0.4) is 0 Å². The predicted molar refractivity (Wildman–Crippen MR) is 102 cm³/mol. The van der Waals surface area contributed by atoms with E-state index in [1.807, 2.05) is 13.0 Å². The van der Waals surface area contributed by atoms with E-state index in [-0.39, 0.29) is 6.04 Å². The average molecular weight is 379 g/mol. The number of nitrogens with zero attached hydrogens (tertiary/aromatic N) is 2. The SMILES string of the molecule is COc1ccc(NC(C)c2nccc(NC(=O)OC(C)(C)C)n2)cc1Cl. The van der Waals surface area contributed by atoms with E-state index in [9.17, 15) is 4.79 Å². The summed E-state index contributed by atoms with van der Waals surface area (Å²) in [5.74, 6) is 1.49. The van der Waals surface area contributed by atoms with Crippen LogP contribution in [0.25, 0.3) is 0 Å². The Morgan fingerprint density at radius 2 is 2.00 bits per heavy atom. The van der Waals surface area contributed by atoms with Crippen molar-refractivity contribution in [1.29, 1.82) is 0 Å². The van der Waals surface area contributed by atoms with Crippen LogP contribution in [-0.2, 0) is 4.74 Å². The Balaban J connectivity index is 2.06. The number of benzene rings is 1. The van der Waals surface area contributed by atoms with Crippen molar-refractivity contribution < 1.29 is 14.3 Å². The van der Waals surface area contributed by atoms with Crippen molar-refractivity contribution in [3.05, 3.63) is 41.3 Å². The van der Waals surface area contributed by atoms with Crippen LogP contribution in [0.15, 0.2) is 30.5 Å². The summed E-state index contributed by atoms with van der Waals surface area (Å²) in [5.41, 5.74) is 0.222. The Bertz CT molecular complexity index is 777. The number of anilines is 2. The number of carbonyl (C=O) groups is 1. The largest absolute Gasteiger partial charge is 0.495 e. The minimum Gasteiger partial charge on any atom is -0.495 e. The van der Waals surface area contributed by atoms with Crippen LogP contribution in [0.5, 0.6) is 5.75 Å². The number of hydrogen-bond acceptors (Lipinski definition) is 6. The molecule has 0 bridgehead atoms. The van der Waals surface area contributed by atoms with Gasteiger partial charge in [0.05, 0.1) is 18.2 Å². The molecule has 0 aliphatic heterocycles. The highest BCUT2D eigenvalue weighted by atomic mass is 35.5. The molecule has 2 aromatic rings. The van der Waals surface area contributed by atoms with Gasteiger partial charge in [0.15, 0.2) is 5.82 Å². The lowest BCUT2D eigenvalue weighted by Gasteiger charge is -2.20.